The molecule has 2 heterocycles. The Morgan fingerprint density at radius 3 is 2.68 bits per heavy atom. The summed E-state index contributed by atoms with van der Waals surface area (Å²) < 4.78 is 39.5. The lowest BCUT2D eigenvalue weighted by Gasteiger charge is -2.37. The molecule has 2 fully saturated rings. The number of carbonyl (C=O) groups is 1. The Hall–Kier alpha value is -0.730. The van der Waals surface area contributed by atoms with Crippen molar-refractivity contribution in [3.63, 3.8) is 0 Å². The summed E-state index contributed by atoms with van der Waals surface area (Å²) >= 11 is -1.86. The number of halogens is 1. The molecule has 0 saturated carbocycles. The smallest absolute Gasteiger partial charge is 0.410 e. The molecule has 0 aliphatic carbocycles. The van der Waals surface area contributed by atoms with Gasteiger partial charge in [-0.1, -0.05) is 0 Å². The molecule has 2 saturated heterocycles. The maximum absolute atomic E-state index is 13.0. The topological polar surface area (TPSA) is 65.1 Å². The summed E-state index contributed by atoms with van der Waals surface area (Å²) in [5, 5.41) is 0. The lowest BCUT2D eigenvalue weighted by molar-refractivity contribution is -0.0249. The summed E-state index contributed by atoms with van der Waals surface area (Å²) in [4.78, 5) is 13.3. The van der Waals surface area contributed by atoms with Crippen LogP contribution in [0.5, 0.6) is 0 Å². The molecule has 0 aromatic carbocycles. The third-order valence-corrected chi connectivity index (χ3v) is 3.71. The van der Waals surface area contributed by atoms with Crippen LogP contribution in [0.3, 0.4) is 0 Å². The minimum absolute atomic E-state index is 0.174. The number of piperidine rings is 1. The molecule has 2 rings (SSSR count). The van der Waals surface area contributed by atoms with E-state index in [2.05, 4.69) is 0 Å². The van der Waals surface area contributed by atoms with Crippen LogP contribution in [0.15, 0.2) is 0 Å². The van der Waals surface area contributed by atoms with Crippen molar-refractivity contribution in [2.24, 2.45) is 5.92 Å². The second kappa shape index (κ2) is 5.34. The molecule has 1 unspecified atom stereocenters. The van der Waals surface area contributed by atoms with Gasteiger partial charge in [0.15, 0.2) is 0 Å². The van der Waals surface area contributed by atoms with Gasteiger partial charge in [-0.2, -0.15) is 4.21 Å². The number of carbonyl (C=O) groups excluding carboxylic acids is 1. The summed E-state index contributed by atoms with van der Waals surface area (Å²) in [5.74, 6) is -0.544. The second-order valence-electron chi connectivity index (χ2n) is 5.70. The fraction of sp³-hybridized carbons (Fsp3) is 0.909. The van der Waals surface area contributed by atoms with Crippen molar-refractivity contribution in [2.45, 2.75) is 38.6 Å². The summed E-state index contributed by atoms with van der Waals surface area (Å²) in [6.45, 7) is 4.98. The van der Waals surface area contributed by atoms with Crippen LogP contribution < -0.4 is 0 Å². The highest BCUT2D eigenvalue weighted by atomic mass is 32.2. The zero-order chi connectivity index (χ0) is 14.2. The Labute approximate surface area is 114 Å². The van der Waals surface area contributed by atoms with Gasteiger partial charge in [0.1, 0.15) is 17.8 Å². The van der Waals surface area contributed by atoms with Crippen LogP contribution in [0.25, 0.3) is 0 Å². The van der Waals surface area contributed by atoms with E-state index in [0.717, 1.165) is 0 Å². The molecule has 8 heteroatoms. The first-order valence-corrected chi connectivity index (χ1v) is 7.10. The number of rotatable bonds is 1. The molecular formula is C11H18FNO5S. The Balaban J connectivity index is 2.04. The minimum Gasteiger partial charge on any atom is -0.444 e. The van der Waals surface area contributed by atoms with Crippen molar-refractivity contribution in [3.05, 3.63) is 0 Å². The van der Waals surface area contributed by atoms with Crippen LogP contribution in [0, 0.1) is 5.92 Å². The number of ether oxygens (including phenoxy) is 1. The zero-order valence-electron chi connectivity index (χ0n) is 11.1. The first-order chi connectivity index (χ1) is 8.80. The standard InChI is InChI=1S/C11H18FNO5S/c1-11(2,3)16-10(14)13-5-7(4-12)9-8(6-13)17-19(15)18-9/h7-9H,4-6H2,1-3H3/t7-,8+,9+,19?/m0/s1. The summed E-state index contributed by atoms with van der Waals surface area (Å²) in [5.41, 5.74) is -0.616. The van der Waals surface area contributed by atoms with E-state index in [1.807, 2.05) is 0 Å². The average Bonchev–Trinajstić information content (AvgIpc) is 2.65. The number of nitrogens with zero attached hydrogens (tertiary/aromatic N) is 1. The van der Waals surface area contributed by atoms with Gasteiger partial charge in [-0.05, 0) is 20.8 Å². The van der Waals surface area contributed by atoms with E-state index in [1.165, 1.54) is 4.90 Å². The molecule has 110 valence electrons. The molecule has 0 spiro atoms. The molecule has 0 aromatic heterocycles. The largest absolute Gasteiger partial charge is 0.444 e. The van der Waals surface area contributed by atoms with Crippen molar-refractivity contribution in [2.75, 3.05) is 19.8 Å². The Bertz CT molecular complexity index is 386. The average molecular weight is 295 g/mol. The van der Waals surface area contributed by atoms with Crippen LogP contribution in [0.4, 0.5) is 9.18 Å². The van der Waals surface area contributed by atoms with Crippen molar-refractivity contribution >= 4 is 17.5 Å². The quantitative estimate of drug-likeness (QED) is 0.727. The zero-order valence-corrected chi connectivity index (χ0v) is 11.9. The predicted octanol–water partition coefficient (Wildman–Crippen LogP) is 1.19. The lowest BCUT2D eigenvalue weighted by atomic mass is 9.94. The SMILES string of the molecule is CC(C)(C)OC(=O)N1C[C@H](CF)[C@H]2OS(=O)O[C@@H]2C1. The van der Waals surface area contributed by atoms with Gasteiger partial charge in [-0.3, -0.25) is 12.8 Å². The second-order valence-corrected chi connectivity index (χ2v) is 6.49. The number of alkyl halides is 1. The molecule has 1 amide bonds. The fourth-order valence-corrected chi connectivity index (χ4v) is 3.02. The molecule has 0 N–H and O–H groups in total. The highest BCUT2D eigenvalue weighted by Crippen LogP contribution is 2.30. The van der Waals surface area contributed by atoms with Gasteiger partial charge in [0.05, 0.1) is 13.2 Å². The Morgan fingerprint density at radius 2 is 2.11 bits per heavy atom. The number of hydrogen-bond acceptors (Lipinski definition) is 5. The number of likely N-dealkylation sites (tertiary alicyclic amines) is 1. The predicted molar refractivity (Wildman–Crippen MR) is 65.2 cm³/mol. The molecule has 2 aliphatic heterocycles. The van der Waals surface area contributed by atoms with Gasteiger partial charge in [0, 0.05) is 12.5 Å². The van der Waals surface area contributed by atoms with Crippen molar-refractivity contribution in [3.8, 4) is 0 Å². The molecule has 0 radical (unpaired) electrons. The highest BCUT2D eigenvalue weighted by molar-refractivity contribution is 7.75. The van der Waals surface area contributed by atoms with E-state index >= 15 is 0 Å². The van der Waals surface area contributed by atoms with Gasteiger partial charge in [0.25, 0.3) is 0 Å². The first kappa shape index (κ1) is 14.7. The van der Waals surface area contributed by atoms with Crippen molar-refractivity contribution in [1.29, 1.82) is 0 Å². The van der Waals surface area contributed by atoms with E-state index in [1.54, 1.807) is 20.8 Å². The van der Waals surface area contributed by atoms with Gasteiger partial charge >= 0.3 is 17.5 Å². The molecule has 4 atom stereocenters. The van der Waals surface area contributed by atoms with Gasteiger partial charge in [-0.15, -0.1) is 0 Å². The molecule has 6 nitrogen and oxygen atoms in total. The van der Waals surface area contributed by atoms with Crippen molar-refractivity contribution < 1.29 is 26.5 Å². The maximum atomic E-state index is 13.0. The molecule has 0 aromatic rings. The van der Waals surface area contributed by atoms with Crippen LogP contribution in [-0.2, 0) is 24.5 Å². The summed E-state index contributed by atoms with van der Waals surface area (Å²) in [6.07, 6.45) is -1.65. The molecular weight excluding hydrogens is 277 g/mol. The summed E-state index contributed by atoms with van der Waals surface area (Å²) in [6, 6.07) is 0. The number of hydrogen-bond donors (Lipinski definition) is 0. The highest BCUT2D eigenvalue weighted by Gasteiger charge is 2.47. The van der Waals surface area contributed by atoms with Gasteiger partial charge in [0.2, 0.25) is 0 Å². The van der Waals surface area contributed by atoms with E-state index < -0.39 is 47.9 Å². The first-order valence-electron chi connectivity index (χ1n) is 6.10. The molecule has 0 bridgehead atoms. The maximum Gasteiger partial charge on any atom is 0.410 e. The number of fused-ring (bicyclic) bond motifs is 1. The Kier molecular flexibility index (Phi) is 4.12. The lowest BCUT2D eigenvalue weighted by Crippen LogP contribution is -2.54. The van der Waals surface area contributed by atoms with Gasteiger partial charge < -0.3 is 9.64 Å². The van der Waals surface area contributed by atoms with Crippen LogP contribution in [0.2, 0.25) is 0 Å². The Morgan fingerprint density at radius 1 is 1.42 bits per heavy atom. The van der Waals surface area contributed by atoms with E-state index in [4.69, 9.17) is 13.1 Å². The van der Waals surface area contributed by atoms with E-state index in [9.17, 15) is 13.4 Å². The fourth-order valence-electron chi connectivity index (χ4n) is 2.14. The van der Waals surface area contributed by atoms with Crippen LogP contribution in [0.1, 0.15) is 20.8 Å². The van der Waals surface area contributed by atoms with Crippen LogP contribution >= 0.6 is 0 Å². The van der Waals surface area contributed by atoms with Crippen LogP contribution in [-0.4, -0.2) is 52.8 Å². The summed E-state index contributed by atoms with van der Waals surface area (Å²) in [7, 11) is 0. The number of amides is 1. The third-order valence-electron chi connectivity index (χ3n) is 2.93. The van der Waals surface area contributed by atoms with Gasteiger partial charge in [-0.25, -0.2) is 4.79 Å². The van der Waals surface area contributed by atoms with E-state index in [-0.39, 0.29) is 13.1 Å². The molecule has 19 heavy (non-hydrogen) atoms. The minimum atomic E-state index is -1.86. The van der Waals surface area contributed by atoms with E-state index in [0.29, 0.717) is 0 Å². The normalized spacial score (nSPS) is 35.1. The molecule has 2 aliphatic rings. The van der Waals surface area contributed by atoms with Crippen molar-refractivity contribution in [1.82, 2.24) is 4.90 Å². The monoisotopic (exact) mass is 295 g/mol. The third kappa shape index (κ3) is 3.43.